The van der Waals surface area contributed by atoms with Gasteiger partial charge in [0.05, 0.1) is 5.56 Å². The Balaban J connectivity index is 2.26. The zero-order chi connectivity index (χ0) is 16.8. The molecule has 0 unspecified atom stereocenters. The summed E-state index contributed by atoms with van der Waals surface area (Å²) in [5, 5.41) is 0. The minimum atomic E-state index is -0.912. The standard InChI is InChI=1S/C18H18F3NO/c1-2-3-10-22(12-13-6-4-5-7-16(13)20)18(23)15-9-8-14(19)11-17(15)21/h4-9,11H,2-3,10,12H2,1H3. The van der Waals surface area contributed by atoms with Gasteiger partial charge in [-0.2, -0.15) is 0 Å². The smallest absolute Gasteiger partial charge is 0.257 e. The Kier molecular flexibility index (Phi) is 5.79. The molecular weight excluding hydrogens is 303 g/mol. The van der Waals surface area contributed by atoms with Gasteiger partial charge in [0.1, 0.15) is 17.5 Å². The number of rotatable bonds is 6. The van der Waals surface area contributed by atoms with Crippen LogP contribution in [0.1, 0.15) is 35.7 Å². The summed E-state index contributed by atoms with van der Waals surface area (Å²) in [6.07, 6.45) is 1.55. The first-order chi connectivity index (χ1) is 11.0. The average molecular weight is 321 g/mol. The maximum atomic E-state index is 13.8. The lowest BCUT2D eigenvalue weighted by Crippen LogP contribution is -2.32. The lowest BCUT2D eigenvalue weighted by molar-refractivity contribution is 0.0734. The molecule has 2 nitrogen and oxygen atoms in total. The molecule has 0 N–H and O–H groups in total. The number of unbranched alkanes of at least 4 members (excludes halogenated alkanes) is 1. The van der Waals surface area contributed by atoms with Gasteiger partial charge in [0, 0.05) is 24.7 Å². The highest BCUT2D eigenvalue weighted by atomic mass is 19.1. The monoisotopic (exact) mass is 321 g/mol. The highest BCUT2D eigenvalue weighted by Crippen LogP contribution is 2.17. The van der Waals surface area contributed by atoms with Gasteiger partial charge in [0.25, 0.3) is 5.91 Å². The van der Waals surface area contributed by atoms with Crippen molar-refractivity contribution in [3.8, 4) is 0 Å². The summed E-state index contributed by atoms with van der Waals surface area (Å²) in [5.74, 6) is -2.64. The number of hydrogen-bond acceptors (Lipinski definition) is 1. The van der Waals surface area contributed by atoms with E-state index < -0.39 is 23.4 Å². The van der Waals surface area contributed by atoms with Gasteiger partial charge in [-0.15, -0.1) is 0 Å². The van der Waals surface area contributed by atoms with Crippen LogP contribution in [0.15, 0.2) is 42.5 Å². The van der Waals surface area contributed by atoms with Crippen LogP contribution in [0.2, 0.25) is 0 Å². The van der Waals surface area contributed by atoms with Crippen molar-refractivity contribution >= 4 is 5.91 Å². The number of halogens is 3. The van der Waals surface area contributed by atoms with Crippen LogP contribution in [-0.4, -0.2) is 17.4 Å². The first-order valence-corrected chi connectivity index (χ1v) is 7.50. The molecule has 2 aromatic carbocycles. The second-order valence-electron chi connectivity index (χ2n) is 5.30. The van der Waals surface area contributed by atoms with Crippen molar-refractivity contribution in [1.29, 1.82) is 0 Å². The van der Waals surface area contributed by atoms with E-state index in [0.717, 1.165) is 18.6 Å². The Hall–Kier alpha value is -2.30. The fraction of sp³-hybridized carbons (Fsp3) is 0.278. The third-order valence-electron chi connectivity index (χ3n) is 3.55. The first-order valence-electron chi connectivity index (χ1n) is 7.50. The van der Waals surface area contributed by atoms with Crippen molar-refractivity contribution in [2.45, 2.75) is 26.3 Å². The fourth-order valence-corrected chi connectivity index (χ4v) is 2.27. The van der Waals surface area contributed by atoms with E-state index in [2.05, 4.69) is 0 Å². The molecule has 0 atom stereocenters. The van der Waals surface area contributed by atoms with E-state index in [1.165, 1.54) is 11.0 Å². The molecule has 0 fully saturated rings. The predicted molar refractivity (Wildman–Crippen MR) is 82.4 cm³/mol. The molecule has 5 heteroatoms. The highest BCUT2D eigenvalue weighted by Gasteiger charge is 2.20. The van der Waals surface area contributed by atoms with E-state index in [4.69, 9.17) is 0 Å². The third kappa shape index (κ3) is 4.34. The number of nitrogens with zero attached hydrogens (tertiary/aromatic N) is 1. The Labute approximate surface area is 133 Å². The molecule has 0 bridgehead atoms. The Morgan fingerprint density at radius 3 is 2.43 bits per heavy atom. The Morgan fingerprint density at radius 1 is 1.04 bits per heavy atom. The van der Waals surface area contributed by atoms with Gasteiger partial charge >= 0.3 is 0 Å². The minimum absolute atomic E-state index is 0.0440. The van der Waals surface area contributed by atoms with E-state index in [-0.39, 0.29) is 12.1 Å². The van der Waals surface area contributed by atoms with E-state index in [0.29, 0.717) is 24.6 Å². The Morgan fingerprint density at radius 2 is 1.78 bits per heavy atom. The molecule has 1 amide bonds. The van der Waals surface area contributed by atoms with E-state index in [1.807, 2.05) is 6.92 Å². The van der Waals surface area contributed by atoms with Crippen LogP contribution in [0.3, 0.4) is 0 Å². The number of benzene rings is 2. The van der Waals surface area contributed by atoms with Gasteiger partial charge in [0.2, 0.25) is 0 Å². The summed E-state index contributed by atoms with van der Waals surface area (Å²) in [5.41, 5.74) is 0.151. The van der Waals surface area contributed by atoms with Gasteiger partial charge < -0.3 is 4.90 Å². The number of carbonyl (C=O) groups is 1. The second-order valence-corrected chi connectivity index (χ2v) is 5.30. The van der Waals surface area contributed by atoms with Crippen LogP contribution >= 0.6 is 0 Å². The van der Waals surface area contributed by atoms with Gasteiger partial charge in [-0.25, -0.2) is 13.2 Å². The van der Waals surface area contributed by atoms with Gasteiger partial charge in [-0.3, -0.25) is 4.79 Å². The van der Waals surface area contributed by atoms with Gasteiger partial charge in [0.15, 0.2) is 0 Å². The van der Waals surface area contributed by atoms with Crippen molar-refractivity contribution in [1.82, 2.24) is 4.90 Å². The molecule has 2 aromatic rings. The summed E-state index contributed by atoms with van der Waals surface area (Å²) in [7, 11) is 0. The quantitative estimate of drug-likeness (QED) is 0.764. The molecule has 0 aliphatic rings. The summed E-state index contributed by atoms with van der Waals surface area (Å²) < 4.78 is 40.6. The summed E-state index contributed by atoms with van der Waals surface area (Å²) in [6.45, 7) is 2.38. The molecule has 0 aliphatic carbocycles. The topological polar surface area (TPSA) is 20.3 Å². The van der Waals surface area contributed by atoms with Crippen molar-refractivity contribution in [2.24, 2.45) is 0 Å². The zero-order valence-corrected chi connectivity index (χ0v) is 12.9. The van der Waals surface area contributed by atoms with Crippen molar-refractivity contribution in [3.63, 3.8) is 0 Å². The lowest BCUT2D eigenvalue weighted by atomic mass is 10.1. The van der Waals surface area contributed by atoms with Crippen molar-refractivity contribution in [3.05, 3.63) is 71.0 Å². The molecule has 0 saturated carbocycles. The molecular formula is C18H18F3NO. The van der Waals surface area contributed by atoms with Crippen LogP contribution in [0.4, 0.5) is 13.2 Å². The molecule has 0 aromatic heterocycles. The maximum Gasteiger partial charge on any atom is 0.257 e. The molecule has 0 spiro atoms. The van der Waals surface area contributed by atoms with Crippen molar-refractivity contribution < 1.29 is 18.0 Å². The number of hydrogen-bond donors (Lipinski definition) is 0. The maximum absolute atomic E-state index is 13.8. The van der Waals surface area contributed by atoms with Gasteiger partial charge in [-0.1, -0.05) is 31.5 Å². The summed E-state index contributed by atoms with van der Waals surface area (Å²) in [4.78, 5) is 13.9. The normalized spacial score (nSPS) is 10.6. The lowest BCUT2D eigenvalue weighted by Gasteiger charge is -2.23. The molecule has 0 radical (unpaired) electrons. The number of carbonyl (C=O) groups excluding carboxylic acids is 1. The summed E-state index contributed by atoms with van der Waals surface area (Å²) in [6, 6.07) is 8.98. The van der Waals surface area contributed by atoms with Crippen LogP contribution in [-0.2, 0) is 6.54 Å². The predicted octanol–water partition coefficient (Wildman–Crippen LogP) is 4.55. The van der Waals surface area contributed by atoms with E-state index >= 15 is 0 Å². The Bertz CT molecular complexity index is 688. The molecule has 0 heterocycles. The van der Waals surface area contributed by atoms with Crippen LogP contribution in [0.25, 0.3) is 0 Å². The fourth-order valence-electron chi connectivity index (χ4n) is 2.27. The van der Waals surface area contributed by atoms with Crippen LogP contribution in [0, 0.1) is 17.5 Å². The molecule has 2 rings (SSSR count). The van der Waals surface area contributed by atoms with E-state index in [1.54, 1.807) is 18.2 Å². The molecule has 0 saturated heterocycles. The summed E-state index contributed by atoms with van der Waals surface area (Å²) >= 11 is 0. The average Bonchev–Trinajstić information content (AvgIpc) is 2.52. The largest absolute Gasteiger partial charge is 0.334 e. The number of amides is 1. The third-order valence-corrected chi connectivity index (χ3v) is 3.55. The highest BCUT2D eigenvalue weighted by molar-refractivity contribution is 5.94. The van der Waals surface area contributed by atoms with Crippen molar-refractivity contribution in [2.75, 3.05) is 6.54 Å². The first kappa shape index (κ1) is 17.1. The zero-order valence-electron chi connectivity index (χ0n) is 12.9. The molecule has 122 valence electrons. The van der Waals surface area contributed by atoms with Gasteiger partial charge in [-0.05, 0) is 24.6 Å². The second kappa shape index (κ2) is 7.81. The minimum Gasteiger partial charge on any atom is -0.334 e. The molecule has 0 aliphatic heterocycles. The molecule has 23 heavy (non-hydrogen) atoms. The SMILES string of the molecule is CCCCN(Cc1ccccc1F)C(=O)c1ccc(F)cc1F. The van der Waals surface area contributed by atoms with E-state index in [9.17, 15) is 18.0 Å². The van der Waals surface area contributed by atoms with Crippen LogP contribution in [0.5, 0.6) is 0 Å². The van der Waals surface area contributed by atoms with Crippen LogP contribution < -0.4 is 0 Å².